The predicted octanol–water partition coefficient (Wildman–Crippen LogP) is 3.34. The van der Waals surface area contributed by atoms with Crippen molar-refractivity contribution in [3.05, 3.63) is 65.9 Å². The summed E-state index contributed by atoms with van der Waals surface area (Å²) in [6, 6.07) is 14.6. The minimum atomic E-state index is -0.930. The van der Waals surface area contributed by atoms with Gasteiger partial charge >= 0.3 is 5.97 Å². The standard InChI is InChI=1S/C21H20N2O5/c1-14(21(25)18-12-22-19-6-4-3-5-17(18)19)28-20(24)13-27-23-11-15-7-9-16(26-2)10-8-15/h3-12,14,22H,13H2,1-2H3/b23-11-/t14-/m0/s1. The number of benzene rings is 2. The number of nitrogens with one attached hydrogen (secondary N) is 1. The van der Waals surface area contributed by atoms with Crippen molar-refractivity contribution in [2.24, 2.45) is 5.16 Å². The van der Waals surface area contributed by atoms with Gasteiger partial charge in [-0.15, -0.1) is 0 Å². The van der Waals surface area contributed by atoms with Crippen LogP contribution in [0.5, 0.6) is 5.75 Å². The highest BCUT2D eigenvalue weighted by molar-refractivity contribution is 6.10. The molecule has 0 radical (unpaired) electrons. The SMILES string of the molecule is COc1ccc(/C=N\OCC(=O)O[C@@H](C)C(=O)c2c[nH]c3ccccc23)cc1. The monoisotopic (exact) mass is 380 g/mol. The summed E-state index contributed by atoms with van der Waals surface area (Å²) >= 11 is 0. The summed E-state index contributed by atoms with van der Waals surface area (Å²) in [7, 11) is 1.59. The summed E-state index contributed by atoms with van der Waals surface area (Å²) in [4.78, 5) is 32.4. The van der Waals surface area contributed by atoms with Crippen LogP contribution in [0.25, 0.3) is 10.9 Å². The molecule has 1 aromatic heterocycles. The summed E-state index contributed by atoms with van der Waals surface area (Å²) in [5, 5.41) is 4.51. The fraction of sp³-hybridized carbons (Fsp3) is 0.190. The van der Waals surface area contributed by atoms with Crippen molar-refractivity contribution in [1.82, 2.24) is 4.98 Å². The Kier molecular flexibility index (Phi) is 6.06. The Labute approximate surface area is 161 Å². The summed E-state index contributed by atoms with van der Waals surface area (Å²) in [5.41, 5.74) is 2.12. The molecule has 7 heteroatoms. The van der Waals surface area contributed by atoms with E-state index in [1.54, 1.807) is 37.6 Å². The van der Waals surface area contributed by atoms with E-state index in [9.17, 15) is 9.59 Å². The van der Waals surface area contributed by atoms with Gasteiger partial charge in [-0.25, -0.2) is 4.79 Å². The van der Waals surface area contributed by atoms with E-state index >= 15 is 0 Å². The first-order valence-electron chi connectivity index (χ1n) is 8.67. The molecule has 0 saturated carbocycles. The molecule has 0 unspecified atom stereocenters. The molecular formula is C21H20N2O5. The first-order valence-corrected chi connectivity index (χ1v) is 8.67. The third-order valence-electron chi connectivity index (χ3n) is 4.11. The zero-order valence-electron chi connectivity index (χ0n) is 15.5. The van der Waals surface area contributed by atoms with Crippen molar-refractivity contribution in [3.63, 3.8) is 0 Å². The van der Waals surface area contributed by atoms with Gasteiger partial charge < -0.3 is 19.3 Å². The summed E-state index contributed by atoms with van der Waals surface area (Å²) in [6.07, 6.45) is 2.15. The minimum Gasteiger partial charge on any atom is -0.497 e. The highest BCUT2D eigenvalue weighted by Gasteiger charge is 2.22. The Hall–Kier alpha value is -3.61. The van der Waals surface area contributed by atoms with E-state index in [0.29, 0.717) is 5.56 Å². The van der Waals surface area contributed by atoms with Gasteiger partial charge in [0.15, 0.2) is 6.10 Å². The van der Waals surface area contributed by atoms with Crippen molar-refractivity contribution in [2.75, 3.05) is 13.7 Å². The predicted molar refractivity (Wildman–Crippen MR) is 105 cm³/mol. The Morgan fingerprint density at radius 2 is 1.89 bits per heavy atom. The molecule has 1 N–H and O–H groups in total. The second-order valence-corrected chi connectivity index (χ2v) is 6.03. The lowest BCUT2D eigenvalue weighted by Gasteiger charge is -2.11. The molecule has 144 valence electrons. The van der Waals surface area contributed by atoms with Gasteiger partial charge in [0.05, 0.1) is 13.3 Å². The molecule has 7 nitrogen and oxygen atoms in total. The average Bonchev–Trinajstić information content (AvgIpc) is 3.15. The lowest BCUT2D eigenvalue weighted by molar-refractivity contribution is -0.151. The molecule has 0 aliphatic carbocycles. The van der Waals surface area contributed by atoms with Gasteiger partial charge in [-0.3, -0.25) is 4.79 Å². The first kappa shape index (κ1) is 19.2. The molecule has 0 fully saturated rings. The Morgan fingerprint density at radius 3 is 2.64 bits per heavy atom. The van der Waals surface area contributed by atoms with E-state index in [4.69, 9.17) is 14.3 Å². The van der Waals surface area contributed by atoms with Gasteiger partial charge in [0.2, 0.25) is 12.4 Å². The summed E-state index contributed by atoms with van der Waals surface area (Å²) < 4.78 is 10.2. The molecule has 28 heavy (non-hydrogen) atoms. The number of aromatic nitrogens is 1. The summed E-state index contributed by atoms with van der Waals surface area (Å²) in [5.74, 6) is -0.226. The largest absolute Gasteiger partial charge is 0.497 e. The zero-order valence-corrected chi connectivity index (χ0v) is 15.5. The van der Waals surface area contributed by atoms with E-state index < -0.39 is 18.7 Å². The molecule has 1 heterocycles. The fourth-order valence-corrected chi connectivity index (χ4v) is 2.66. The number of esters is 1. The molecule has 3 rings (SSSR count). The van der Waals surface area contributed by atoms with Crippen molar-refractivity contribution >= 4 is 28.9 Å². The number of nitrogens with zero attached hydrogens (tertiary/aromatic N) is 1. The van der Waals surface area contributed by atoms with E-state index in [1.165, 1.54) is 13.1 Å². The Morgan fingerprint density at radius 1 is 1.14 bits per heavy atom. The number of aromatic amines is 1. The van der Waals surface area contributed by atoms with Crippen molar-refractivity contribution in [2.45, 2.75) is 13.0 Å². The number of carbonyl (C=O) groups is 2. The fourth-order valence-electron chi connectivity index (χ4n) is 2.66. The van der Waals surface area contributed by atoms with Gasteiger partial charge in [0, 0.05) is 22.7 Å². The molecule has 0 spiro atoms. The number of methoxy groups -OCH3 is 1. The van der Waals surface area contributed by atoms with Crippen LogP contribution in [0.2, 0.25) is 0 Å². The number of ketones is 1. The Balaban J connectivity index is 1.49. The number of Topliss-reactive ketones (excluding diaryl/α,β-unsaturated/α-hetero) is 1. The Bertz CT molecular complexity index is 991. The third kappa shape index (κ3) is 4.56. The normalized spacial score (nSPS) is 12.1. The molecule has 0 amide bonds. The molecule has 0 bridgehead atoms. The van der Waals surface area contributed by atoms with Crippen molar-refractivity contribution in [1.29, 1.82) is 0 Å². The van der Waals surface area contributed by atoms with Crippen LogP contribution < -0.4 is 4.74 Å². The van der Waals surface area contributed by atoms with Crippen LogP contribution >= 0.6 is 0 Å². The number of hydrogen-bond acceptors (Lipinski definition) is 6. The van der Waals surface area contributed by atoms with Crippen LogP contribution in [0.4, 0.5) is 0 Å². The number of ether oxygens (including phenoxy) is 2. The van der Waals surface area contributed by atoms with Crippen LogP contribution in [0.3, 0.4) is 0 Å². The zero-order chi connectivity index (χ0) is 19.9. The number of oxime groups is 1. The van der Waals surface area contributed by atoms with Crippen LogP contribution in [-0.2, 0) is 14.4 Å². The number of para-hydroxylation sites is 1. The number of carbonyl (C=O) groups excluding carboxylic acids is 2. The number of fused-ring (bicyclic) bond motifs is 1. The topological polar surface area (TPSA) is 90.0 Å². The molecule has 1 atom stereocenters. The second kappa shape index (κ2) is 8.85. The van der Waals surface area contributed by atoms with E-state index in [0.717, 1.165) is 22.2 Å². The van der Waals surface area contributed by atoms with Gasteiger partial charge in [-0.1, -0.05) is 23.4 Å². The van der Waals surface area contributed by atoms with E-state index in [2.05, 4.69) is 10.1 Å². The second-order valence-electron chi connectivity index (χ2n) is 6.03. The quantitative estimate of drug-likeness (QED) is 0.280. The molecular weight excluding hydrogens is 360 g/mol. The molecule has 2 aromatic carbocycles. The van der Waals surface area contributed by atoms with Crippen LogP contribution in [-0.4, -0.2) is 42.8 Å². The maximum absolute atomic E-state index is 12.5. The smallest absolute Gasteiger partial charge is 0.347 e. The summed E-state index contributed by atoms with van der Waals surface area (Å²) in [6.45, 7) is 1.14. The third-order valence-corrected chi connectivity index (χ3v) is 4.11. The van der Waals surface area contributed by atoms with Gasteiger partial charge in [-0.05, 0) is 42.8 Å². The van der Waals surface area contributed by atoms with Crippen molar-refractivity contribution < 1.29 is 23.9 Å². The lowest BCUT2D eigenvalue weighted by Crippen LogP contribution is -2.26. The average molecular weight is 380 g/mol. The van der Waals surface area contributed by atoms with Crippen LogP contribution in [0.1, 0.15) is 22.8 Å². The highest BCUT2D eigenvalue weighted by Crippen LogP contribution is 2.20. The van der Waals surface area contributed by atoms with Gasteiger partial charge in [-0.2, -0.15) is 0 Å². The van der Waals surface area contributed by atoms with Crippen LogP contribution in [0.15, 0.2) is 59.9 Å². The van der Waals surface area contributed by atoms with E-state index in [1.807, 2.05) is 24.3 Å². The van der Waals surface area contributed by atoms with Gasteiger partial charge in [0.25, 0.3) is 0 Å². The molecule has 0 saturated heterocycles. The maximum Gasteiger partial charge on any atom is 0.347 e. The first-order chi connectivity index (χ1) is 13.6. The minimum absolute atomic E-state index is 0.285. The highest BCUT2D eigenvalue weighted by atomic mass is 16.7. The van der Waals surface area contributed by atoms with Crippen molar-refractivity contribution in [3.8, 4) is 5.75 Å². The number of hydrogen-bond donors (Lipinski definition) is 1. The van der Waals surface area contributed by atoms with Crippen LogP contribution in [0, 0.1) is 0 Å². The number of H-pyrrole nitrogens is 1. The van der Waals surface area contributed by atoms with E-state index in [-0.39, 0.29) is 5.78 Å². The molecule has 0 aliphatic heterocycles. The van der Waals surface area contributed by atoms with Gasteiger partial charge in [0.1, 0.15) is 5.75 Å². The lowest BCUT2D eigenvalue weighted by atomic mass is 10.1. The maximum atomic E-state index is 12.5. The molecule has 0 aliphatic rings. The number of rotatable bonds is 8. The molecule has 3 aromatic rings.